The summed E-state index contributed by atoms with van der Waals surface area (Å²) in [6, 6.07) is 8.28. The number of aliphatic hydroxyl groups excluding tert-OH is 1. The lowest BCUT2D eigenvalue weighted by Crippen LogP contribution is -2.04. The third-order valence-electron chi connectivity index (χ3n) is 2.64. The van der Waals surface area contributed by atoms with Gasteiger partial charge in [-0.3, -0.25) is 4.98 Å². The van der Waals surface area contributed by atoms with Gasteiger partial charge in [0.2, 0.25) is 0 Å². The van der Waals surface area contributed by atoms with Gasteiger partial charge in [0, 0.05) is 22.8 Å². The minimum absolute atomic E-state index is 0.326. The highest BCUT2D eigenvalue weighted by molar-refractivity contribution is 9.10. The number of halogens is 2. The average molecular weight is 310 g/mol. The molecular weight excluding hydrogens is 297 g/mol. The molecule has 1 unspecified atom stereocenters. The number of benzene rings is 1. The van der Waals surface area contributed by atoms with E-state index in [1.807, 2.05) is 12.1 Å². The molecule has 2 rings (SSSR count). The fourth-order valence-electron chi connectivity index (χ4n) is 1.80. The Morgan fingerprint density at radius 1 is 1.33 bits per heavy atom. The predicted molar refractivity (Wildman–Crippen MR) is 71.7 cm³/mol. The molecule has 0 spiro atoms. The van der Waals surface area contributed by atoms with Gasteiger partial charge in [-0.05, 0) is 58.2 Å². The van der Waals surface area contributed by atoms with E-state index in [-0.39, 0.29) is 5.82 Å². The fourth-order valence-corrected chi connectivity index (χ4v) is 2.03. The number of pyridine rings is 1. The van der Waals surface area contributed by atoms with Crippen molar-refractivity contribution in [2.75, 3.05) is 0 Å². The Kier molecular flexibility index (Phi) is 4.09. The molecule has 0 saturated heterocycles. The van der Waals surface area contributed by atoms with Crippen LogP contribution in [0.5, 0.6) is 0 Å². The van der Waals surface area contributed by atoms with E-state index < -0.39 is 6.10 Å². The summed E-state index contributed by atoms with van der Waals surface area (Å²) in [6.07, 6.45) is 1.31. The Hall–Kier alpha value is -1.26. The molecule has 18 heavy (non-hydrogen) atoms. The molecule has 0 radical (unpaired) electrons. The maximum atomic E-state index is 13.2. The Balaban J connectivity index is 2.16. The standard InChI is InChI=1S/C14H13BrFNO/c1-9-4-10(6-12(16)5-9)14(18)7-13-3-2-11(15)8-17-13/h2-6,8,14,18H,7H2,1H3. The molecule has 0 bridgehead atoms. The number of aliphatic hydroxyl groups is 1. The lowest BCUT2D eigenvalue weighted by Gasteiger charge is -2.11. The van der Waals surface area contributed by atoms with Crippen molar-refractivity contribution < 1.29 is 9.50 Å². The zero-order valence-electron chi connectivity index (χ0n) is 9.90. The monoisotopic (exact) mass is 309 g/mol. The minimum Gasteiger partial charge on any atom is -0.388 e. The molecule has 4 heteroatoms. The van der Waals surface area contributed by atoms with Gasteiger partial charge in [-0.25, -0.2) is 4.39 Å². The molecule has 0 saturated carbocycles. The van der Waals surface area contributed by atoms with Gasteiger partial charge < -0.3 is 5.11 Å². The van der Waals surface area contributed by atoms with Crippen LogP contribution >= 0.6 is 15.9 Å². The Morgan fingerprint density at radius 3 is 2.72 bits per heavy atom. The molecule has 0 aliphatic carbocycles. The highest BCUT2D eigenvalue weighted by Crippen LogP contribution is 2.20. The topological polar surface area (TPSA) is 33.1 Å². The van der Waals surface area contributed by atoms with Crippen LogP contribution < -0.4 is 0 Å². The van der Waals surface area contributed by atoms with Gasteiger partial charge in [-0.15, -0.1) is 0 Å². The number of aryl methyl sites for hydroxylation is 1. The van der Waals surface area contributed by atoms with Crippen molar-refractivity contribution in [3.05, 3.63) is 63.6 Å². The first-order valence-electron chi connectivity index (χ1n) is 5.60. The van der Waals surface area contributed by atoms with Gasteiger partial charge >= 0.3 is 0 Å². The maximum absolute atomic E-state index is 13.2. The lowest BCUT2D eigenvalue weighted by atomic mass is 10.0. The molecule has 1 N–H and O–H groups in total. The summed E-state index contributed by atoms with van der Waals surface area (Å²) in [5.74, 6) is -0.326. The summed E-state index contributed by atoms with van der Waals surface area (Å²) in [6.45, 7) is 1.80. The lowest BCUT2D eigenvalue weighted by molar-refractivity contribution is 0.176. The third-order valence-corrected chi connectivity index (χ3v) is 3.11. The van der Waals surface area contributed by atoms with Gasteiger partial charge in [0.25, 0.3) is 0 Å². The van der Waals surface area contributed by atoms with Crippen molar-refractivity contribution in [1.29, 1.82) is 0 Å². The molecule has 2 nitrogen and oxygen atoms in total. The molecule has 0 aliphatic rings. The summed E-state index contributed by atoms with van der Waals surface area (Å²) >= 11 is 3.30. The molecule has 1 heterocycles. The summed E-state index contributed by atoms with van der Waals surface area (Å²) in [7, 11) is 0. The van der Waals surface area contributed by atoms with Crippen molar-refractivity contribution in [3.8, 4) is 0 Å². The highest BCUT2D eigenvalue weighted by Gasteiger charge is 2.11. The molecule has 1 aromatic carbocycles. The van der Waals surface area contributed by atoms with Crippen molar-refractivity contribution in [3.63, 3.8) is 0 Å². The SMILES string of the molecule is Cc1cc(F)cc(C(O)Cc2ccc(Br)cn2)c1. The number of rotatable bonds is 3. The number of nitrogens with zero attached hydrogens (tertiary/aromatic N) is 1. The van der Waals surface area contributed by atoms with E-state index in [0.717, 1.165) is 15.7 Å². The second-order valence-corrected chi connectivity index (χ2v) is 5.17. The van der Waals surface area contributed by atoms with Gasteiger partial charge in [0.05, 0.1) is 6.10 Å². The molecule has 1 atom stereocenters. The Labute approximate surface area is 114 Å². The quantitative estimate of drug-likeness (QED) is 0.940. The van der Waals surface area contributed by atoms with Gasteiger partial charge in [0.1, 0.15) is 5.82 Å². The van der Waals surface area contributed by atoms with E-state index >= 15 is 0 Å². The first kappa shape index (κ1) is 13.2. The summed E-state index contributed by atoms with van der Waals surface area (Å²) in [4.78, 5) is 4.19. The van der Waals surface area contributed by atoms with Crippen molar-refractivity contribution in [2.45, 2.75) is 19.4 Å². The number of aromatic nitrogens is 1. The van der Waals surface area contributed by atoms with E-state index in [1.165, 1.54) is 12.1 Å². The average Bonchev–Trinajstić information content (AvgIpc) is 2.31. The minimum atomic E-state index is -0.743. The van der Waals surface area contributed by atoms with Crippen LogP contribution in [0.2, 0.25) is 0 Å². The second-order valence-electron chi connectivity index (χ2n) is 4.25. The predicted octanol–water partition coefficient (Wildman–Crippen LogP) is 3.57. The van der Waals surface area contributed by atoms with Crippen molar-refractivity contribution in [1.82, 2.24) is 4.98 Å². The number of hydrogen-bond acceptors (Lipinski definition) is 2. The van der Waals surface area contributed by atoms with E-state index in [0.29, 0.717) is 12.0 Å². The highest BCUT2D eigenvalue weighted by atomic mass is 79.9. The van der Waals surface area contributed by atoms with Crippen LogP contribution in [0.15, 0.2) is 41.0 Å². The summed E-state index contributed by atoms with van der Waals surface area (Å²) in [5, 5.41) is 10.1. The van der Waals surface area contributed by atoms with Crippen LogP contribution in [0.25, 0.3) is 0 Å². The second kappa shape index (κ2) is 5.59. The van der Waals surface area contributed by atoms with Gasteiger partial charge in [0.15, 0.2) is 0 Å². The molecule has 0 fully saturated rings. The first-order valence-corrected chi connectivity index (χ1v) is 6.39. The van der Waals surface area contributed by atoms with Crippen LogP contribution in [0.4, 0.5) is 4.39 Å². The number of hydrogen-bond donors (Lipinski definition) is 1. The third kappa shape index (κ3) is 3.37. The normalized spacial score (nSPS) is 12.4. The van der Waals surface area contributed by atoms with Gasteiger partial charge in [-0.2, -0.15) is 0 Å². The van der Waals surface area contributed by atoms with Crippen LogP contribution in [-0.2, 0) is 6.42 Å². The molecule has 1 aromatic heterocycles. The molecule has 0 aliphatic heterocycles. The largest absolute Gasteiger partial charge is 0.388 e. The van der Waals surface area contributed by atoms with E-state index in [9.17, 15) is 9.50 Å². The van der Waals surface area contributed by atoms with E-state index in [1.54, 1.807) is 19.2 Å². The molecule has 2 aromatic rings. The summed E-state index contributed by atoms with van der Waals surface area (Å²) in [5.41, 5.74) is 2.15. The van der Waals surface area contributed by atoms with Crippen LogP contribution in [-0.4, -0.2) is 10.1 Å². The molecule has 94 valence electrons. The van der Waals surface area contributed by atoms with Gasteiger partial charge in [-0.1, -0.05) is 6.07 Å². The fraction of sp³-hybridized carbons (Fsp3) is 0.214. The van der Waals surface area contributed by atoms with Crippen molar-refractivity contribution >= 4 is 15.9 Å². The van der Waals surface area contributed by atoms with Crippen LogP contribution in [0, 0.1) is 12.7 Å². The first-order chi connectivity index (χ1) is 8.54. The van der Waals surface area contributed by atoms with Crippen molar-refractivity contribution in [2.24, 2.45) is 0 Å². The zero-order chi connectivity index (χ0) is 13.1. The van der Waals surface area contributed by atoms with Crippen LogP contribution in [0.1, 0.15) is 22.9 Å². The van der Waals surface area contributed by atoms with Crippen LogP contribution in [0.3, 0.4) is 0 Å². The smallest absolute Gasteiger partial charge is 0.123 e. The Bertz CT molecular complexity index is 522. The summed E-state index contributed by atoms with van der Waals surface area (Å²) < 4.78 is 14.1. The van der Waals surface area contributed by atoms with E-state index in [2.05, 4.69) is 20.9 Å². The molecular formula is C14H13BrFNO. The molecule has 0 amide bonds. The zero-order valence-corrected chi connectivity index (χ0v) is 11.5. The maximum Gasteiger partial charge on any atom is 0.123 e. The van der Waals surface area contributed by atoms with E-state index in [4.69, 9.17) is 0 Å². The Morgan fingerprint density at radius 2 is 2.11 bits per heavy atom.